The maximum atomic E-state index is 11.7. The molecule has 6 heteroatoms. The Labute approximate surface area is 109 Å². The molecule has 17 heavy (non-hydrogen) atoms. The van der Waals surface area contributed by atoms with E-state index in [1.807, 2.05) is 24.3 Å². The monoisotopic (exact) mass is 318 g/mol. The molecule has 94 valence electrons. The normalized spacial score (nSPS) is 32.5. The summed E-state index contributed by atoms with van der Waals surface area (Å²) in [6.45, 7) is 0.172. The lowest BCUT2D eigenvalue weighted by Crippen LogP contribution is -2.38. The fourth-order valence-electron chi connectivity index (χ4n) is 2.47. The third kappa shape index (κ3) is 2.14. The van der Waals surface area contributed by atoms with Gasteiger partial charge in [0.15, 0.2) is 9.84 Å². The molecule has 4 N–H and O–H groups in total. The zero-order chi connectivity index (χ0) is 12.8. The molecule has 1 aromatic carbocycles. The van der Waals surface area contributed by atoms with Crippen LogP contribution in [0.15, 0.2) is 28.7 Å². The molecule has 1 aliphatic carbocycles. The van der Waals surface area contributed by atoms with E-state index in [1.165, 1.54) is 6.26 Å². The van der Waals surface area contributed by atoms with Crippen molar-refractivity contribution >= 4 is 25.8 Å². The molecular formula is C11H15BrN2O2S. The highest BCUT2D eigenvalue weighted by Gasteiger charge is 2.67. The summed E-state index contributed by atoms with van der Waals surface area (Å²) < 4.78 is 24.3. The molecule has 0 aliphatic heterocycles. The molecule has 0 aromatic heterocycles. The second-order valence-electron chi connectivity index (χ2n) is 4.60. The molecule has 1 aromatic rings. The van der Waals surface area contributed by atoms with Gasteiger partial charge in [-0.1, -0.05) is 28.1 Å². The van der Waals surface area contributed by atoms with Gasteiger partial charge in [-0.15, -0.1) is 0 Å². The zero-order valence-electron chi connectivity index (χ0n) is 9.43. The van der Waals surface area contributed by atoms with E-state index in [-0.39, 0.29) is 12.5 Å². The van der Waals surface area contributed by atoms with E-state index < -0.39 is 20.6 Å². The van der Waals surface area contributed by atoms with Crippen LogP contribution in [0.5, 0.6) is 0 Å². The SMILES string of the molecule is CS(=O)(=O)[C@H]1[C@H](c2ccc(Br)cc2)[C@@]1(N)CN. The minimum Gasteiger partial charge on any atom is -0.329 e. The smallest absolute Gasteiger partial charge is 0.152 e. The van der Waals surface area contributed by atoms with Gasteiger partial charge in [0, 0.05) is 23.2 Å². The van der Waals surface area contributed by atoms with Crippen LogP contribution in [0.1, 0.15) is 11.5 Å². The molecule has 2 rings (SSSR count). The summed E-state index contributed by atoms with van der Waals surface area (Å²) in [5, 5.41) is -0.568. The Kier molecular flexibility index (Phi) is 3.10. The van der Waals surface area contributed by atoms with Crippen LogP contribution in [0.3, 0.4) is 0 Å². The Hall–Kier alpha value is -0.430. The first-order valence-corrected chi connectivity index (χ1v) is 7.99. The topological polar surface area (TPSA) is 86.2 Å². The summed E-state index contributed by atoms with van der Waals surface area (Å²) in [5.41, 5.74) is 11.8. The maximum Gasteiger partial charge on any atom is 0.152 e. The van der Waals surface area contributed by atoms with Crippen LogP contribution < -0.4 is 11.5 Å². The molecule has 0 spiro atoms. The van der Waals surface area contributed by atoms with Crippen molar-refractivity contribution in [3.05, 3.63) is 34.3 Å². The van der Waals surface area contributed by atoms with Crippen molar-refractivity contribution in [3.8, 4) is 0 Å². The predicted molar refractivity (Wildman–Crippen MR) is 71.5 cm³/mol. The molecule has 0 bridgehead atoms. The average Bonchev–Trinajstić information content (AvgIpc) is 2.87. The van der Waals surface area contributed by atoms with E-state index in [0.717, 1.165) is 10.0 Å². The van der Waals surface area contributed by atoms with Gasteiger partial charge in [0.1, 0.15) is 0 Å². The third-order valence-electron chi connectivity index (χ3n) is 3.35. The molecule has 0 heterocycles. The maximum absolute atomic E-state index is 11.7. The molecule has 0 radical (unpaired) electrons. The summed E-state index contributed by atoms with van der Waals surface area (Å²) in [7, 11) is -3.17. The molecule has 1 saturated carbocycles. The Balaban J connectivity index is 2.37. The van der Waals surface area contributed by atoms with Gasteiger partial charge in [0.2, 0.25) is 0 Å². The van der Waals surface area contributed by atoms with Crippen molar-refractivity contribution in [1.82, 2.24) is 0 Å². The summed E-state index contributed by atoms with van der Waals surface area (Å²) in [5.74, 6) is -0.199. The number of hydrogen-bond donors (Lipinski definition) is 2. The third-order valence-corrected chi connectivity index (χ3v) is 5.51. The van der Waals surface area contributed by atoms with E-state index in [0.29, 0.717) is 0 Å². The highest BCUT2D eigenvalue weighted by atomic mass is 79.9. The van der Waals surface area contributed by atoms with Gasteiger partial charge in [-0.2, -0.15) is 0 Å². The van der Waals surface area contributed by atoms with Crippen LogP contribution >= 0.6 is 15.9 Å². The summed E-state index contributed by atoms with van der Waals surface area (Å²) in [4.78, 5) is 0. The molecule has 0 amide bonds. The van der Waals surface area contributed by atoms with Gasteiger partial charge in [-0.3, -0.25) is 0 Å². The summed E-state index contributed by atoms with van der Waals surface area (Å²) >= 11 is 3.34. The first kappa shape index (κ1) is 13.0. The van der Waals surface area contributed by atoms with Gasteiger partial charge in [-0.25, -0.2) is 8.42 Å². The van der Waals surface area contributed by atoms with Crippen molar-refractivity contribution < 1.29 is 8.42 Å². The van der Waals surface area contributed by atoms with Crippen molar-refractivity contribution in [2.24, 2.45) is 11.5 Å². The summed E-state index contributed by atoms with van der Waals surface area (Å²) in [6.07, 6.45) is 1.22. The van der Waals surface area contributed by atoms with Crippen LogP contribution in [0, 0.1) is 0 Å². The van der Waals surface area contributed by atoms with E-state index in [1.54, 1.807) is 0 Å². The van der Waals surface area contributed by atoms with Crippen LogP contribution in [0.4, 0.5) is 0 Å². The lowest BCUT2D eigenvalue weighted by atomic mass is 10.1. The minimum absolute atomic E-state index is 0.172. The first-order valence-electron chi connectivity index (χ1n) is 5.24. The highest BCUT2D eigenvalue weighted by Crippen LogP contribution is 2.53. The second kappa shape index (κ2) is 4.05. The molecule has 1 fully saturated rings. The molecule has 0 saturated heterocycles. The van der Waals surface area contributed by atoms with Crippen LogP contribution in [-0.2, 0) is 9.84 Å². The number of benzene rings is 1. The molecule has 3 atom stereocenters. The fraction of sp³-hybridized carbons (Fsp3) is 0.455. The van der Waals surface area contributed by atoms with Crippen molar-refractivity contribution in [3.63, 3.8) is 0 Å². The standard InChI is InChI=1S/C11H15BrN2O2S/c1-17(15,16)10-9(11(10,14)6-13)7-2-4-8(12)5-3-7/h2-5,9-10H,6,13-14H2,1H3/t9-,10-,11-/m0/s1. The molecule has 0 unspecified atom stereocenters. The van der Waals surface area contributed by atoms with Gasteiger partial charge in [0.25, 0.3) is 0 Å². The van der Waals surface area contributed by atoms with Crippen molar-refractivity contribution in [1.29, 1.82) is 0 Å². The van der Waals surface area contributed by atoms with E-state index in [4.69, 9.17) is 11.5 Å². The number of halogens is 1. The predicted octanol–water partition coefficient (Wildman–Crippen LogP) is 0.616. The van der Waals surface area contributed by atoms with Gasteiger partial charge < -0.3 is 11.5 Å². The second-order valence-corrected chi connectivity index (χ2v) is 7.68. The highest BCUT2D eigenvalue weighted by molar-refractivity contribution is 9.10. The van der Waals surface area contributed by atoms with Gasteiger partial charge in [-0.05, 0) is 17.7 Å². The van der Waals surface area contributed by atoms with Crippen LogP contribution in [0.2, 0.25) is 0 Å². The lowest BCUT2D eigenvalue weighted by molar-refractivity contribution is 0.591. The van der Waals surface area contributed by atoms with Crippen molar-refractivity contribution in [2.45, 2.75) is 16.7 Å². The minimum atomic E-state index is -3.17. The van der Waals surface area contributed by atoms with Gasteiger partial charge >= 0.3 is 0 Å². The zero-order valence-corrected chi connectivity index (χ0v) is 11.8. The van der Waals surface area contributed by atoms with E-state index in [2.05, 4.69) is 15.9 Å². The van der Waals surface area contributed by atoms with E-state index in [9.17, 15) is 8.42 Å². The molecule has 4 nitrogen and oxygen atoms in total. The van der Waals surface area contributed by atoms with Crippen LogP contribution in [-0.4, -0.2) is 32.0 Å². The Bertz CT molecular complexity index is 529. The molecule has 1 aliphatic rings. The number of nitrogens with two attached hydrogens (primary N) is 2. The largest absolute Gasteiger partial charge is 0.329 e. The number of hydrogen-bond acceptors (Lipinski definition) is 4. The molecular weight excluding hydrogens is 304 g/mol. The van der Waals surface area contributed by atoms with Crippen molar-refractivity contribution in [2.75, 3.05) is 12.8 Å². The van der Waals surface area contributed by atoms with E-state index >= 15 is 0 Å². The Morgan fingerprint density at radius 1 is 1.35 bits per heavy atom. The van der Waals surface area contributed by atoms with Gasteiger partial charge in [0.05, 0.1) is 10.8 Å². The Morgan fingerprint density at radius 3 is 2.24 bits per heavy atom. The van der Waals surface area contributed by atoms with Crippen LogP contribution in [0.25, 0.3) is 0 Å². The Morgan fingerprint density at radius 2 is 1.88 bits per heavy atom. The fourth-order valence-corrected chi connectivity index (χ4v) is 4.60. The summed E-state index contributed by atoms with van der Waals surface area (Å²) in [6, 6.07) is 7.53. The number of rotatable bonds is 3. The average molecular weight is 319 g/mol. The lowest BCUT2D eigenvalue weighted by Gasteiger charge is -2.07. The number of sulfone groups is 1. The quantitative estimate of drug-likeness (QED) is 0.855. The first-order chi connectivity index (χ1) is 7.80.